The highest BCUT2D eigenvalue weighted by Gasteiger charge is 2.11. The normalized spacial score (nSPS) is 16.9. The van der Waals surface area contributed by atoms with Crippen molar-refractivity contribution in [2.24, 2.45) is 5.92 Å². The van der Waals surface area contributed by atoms with E-state index >= 15 is 0 Å². The summed E-state index contributed by atoms with van der Waals surface area (Å²) in [5.41, 5.74) is 2.76. The molecule has 1 aromatic rings. The molecule has 0 saturated carbocycles. The average molecular weight is 262 g/mol. The first-order valence-corrected chi connectivity index (χ1v) is 7.28. The van der Waals surface area contributed by atoms with E-state index in [2.05, 4.69) is 43.1 Å². The van der Waals surface area contributed by atoms with Gasteiger partial charge in [-0.2, -0.15) is 0 Å². The van der Waals surface area contributed by atoms with Gasteiger partial charge in [-0.15, -0.1) is 0 Å². The summed E-state index contributed by atoms with van der Waals surface area (Å²) >= 11 is 0. The van der Waals surface area contributed by atoms with Crippen LogP contribution in [-0.4, -0.2) is 24.5 Å². The van der Waals surface area contributed by atoms with E-state index in [0.29, 0.717) is 5.92 Å². The monoisotopic (exact) mass is 262 g/mol. The maximum Gasteiger partial charge on any atom is 0.118 e. The average Bonchev–Trinajstić information content (AvgIpc) is 2.79. The van der Waals surface area contributed by atoms with Gasteiger partial charge in [-0.05, 0) is 31.9 Å². The second kappa shape index (κ2) is 6.92. The standard InChI is InChI=1S/C16H26N2O/c1-13(2)9-17-10-15-8-16(19-12-15)11-18-6-4-14(3)5-7-18/h4,8,12-13,17H,5-7,9-11H2,1-3H3. The number of nitrogens with zero attached hydrogens (tertiary/aromatic N) is 1. The third-order valence-corrected chi connectivity index (χ3v) is 3.49. The Balaban J connectivity index is 1.77. The minimum Gasteiger partial charge on any atom is -0.468 e. The lowest BCUT2D eigenvalue weighted by Gasteiger charge is -2.23. The molecule has 0 spiro atoms. The summed E-state index contributed by atoms with van der Waals surface area (Å²) in [4.78, 5) is 2.43. The summed E-state index contributed by atoms with van der Waals surface area (Å²) in [5, 5.41) is 3.44. The molecule has 0 amide bonds. The molecule has 2 rings (SSSR count). The lowest BCUT2D eigenvalue weighted by Crippen LogP contribution is -2.27. The molecule has 106 valence electrons. The Bertz CT molecular complexity index is 420. The molecule has 3 nitrogen and oxygen atoms in total. The van der Waals surface area contributed by atoms with Crippen LogP contribution in [0.15, 0.2) is 28.4 Å². The molecule has 2 heterocycles. The van der Waals surface area contributed by atoms with Crippen molar-refractivity contribution in [1.82, 2.24) is 10.2 Å². The van der Waals surface area contributed by atoms with E-state index < -0.39 is 0 Å². The van der Waals surface area contributed by atoms with E-state index in [9.17, 15) is 0 Å². The van der Waals surface area contributed by atoms with Crippen molar-refractivity contribution in [3.63, 3.8) is 0 Å². The number of furan rings is 1. The predicted molar refractivity (Wildman–Crippen MR) is 78.9 cm³/mol. The summed E-state index contributed by atoms with van der Waals surface area (Å²) in [6.45, 7) is 11.7. The minimum atomic E-state index is 0.690. The van der Waals surface area contributed by atoms with Crippen LogP contribution >= 0.6 is 0 Å². The Morgan fingerprint density at radius 2 is 2.26 bits per heavy atom. The molecule has 1 aromatic heterocycles. The zero-order valence-electron chi connectivity index (χ0n) is 12.4. The first kappa shape index (κ1) is 14.4. The topological polar surface area (TPSA) is 28.4 Å². The second-order valence-corrected chi connectivity index (χ2v) is 5.98. The van der Waals surface area contributed by atoms with Gasteiger partial charge in [-0.25, -0.2) is 0 Å². The number of nitrogens with one attached hydrogen (secondary N) is 1. The molecule has 19 heavy (non-hydrogen) atoms. The fraction of sp³-hybridized carbons (Fsp3) is 0.625. The summed E-state index contributed by atoms with van der Waals surface area (Å²) in [6, 6.07) is 2.18. The zero-order chi connectivity index (χ0) is 13.7. The Morgan fingerprint density at radius 1 is 1.42 bits per heavy atom. The van der Waals surface area contributed by atoms with Crippen LogP contribution in [0.4, 0.5) is 0 Å². The Kier molecular flexibility index (Phi) is 5.23. The predicted octanol–water partition coefficient (Wildman–Crippen LogP) is 3.18. The van der Waals surface area contributed by atoms with Gasteiger partial charge in [0.15, 0.2) is 0 Å². The van der Waals surface area contributed by atoms with Crippen molar-refractivity contribution in [1.29, 1.82) is 0 Å². The fourth-order valence-corrected chi connectivity index (χ4v) is 2.28. The molecule has 1 aliphatic rings. The largest absolute Gasteiger partial charge is 0.468 e. The van der Waals surface area contributed by atoms with Crippen molar-refractivity contribution < 1.29 is 4.42 Å². The minimum absolute atomic E-state index is 0.690. The van der Waals surface area contributed by atoms with Gasteiger partial charge in [0.1, 0.15) is 5.76 Å². The van der Waals surface area contributed by atoms with Gasteiger partial charge >= 0.3 is 0 Å². The molecule has 0 fully saturated rings. The maximum absolute atomic E-state index is 5.65. The molecule has 0 radical (unpaired) electrons. The van der Waals surface area contributed by atoms with Crippen LogP contribution in [0.2, 0.25) is 0 Å². The third kappa shape index (κ3) is 4.84. The summed E-state index contributed by atoms with van der Waals surface area (Å²) < 4.78 is 5.65. The first-order valence-electron chi connectivity index (χ1n) is 7.28. The molecule has 0 atom stereocenters. The van der Waals surface area contributed by atoms with Crippen LogP contribution in [-0.2, 0) is 13.1 Å². The Hall–Kier alpha value is -1.06. The van der Waals surface area contributed by atoms with Crippen molar-refractivity contribution >= 4 is 0 Å². The lowest BCUT2D eigenvalue weighted by atomic mass is 10.1. The number of hydrogen-bond acceptors (Lipinski definition) is 3. The lowest BCUT2D eigenvalue weighted by molar-refractivity contribution is 0.261. The smallest absolute Gasteiger partial charge is 0.118 e. The quantitative estimate of drug-likeness (QED) is 0.798. The van der Waals surface area contributed by atoms with Gasteiger partial charge in [0.05, 0.1) is 12.8 Å². The fourth-order valence-electron chi connectivity index (χ4n) is 2.28. The highest BCUT2D eigenvalue weighted by molar-refractivity contribution is 5.13. The molecular formula is C16H26N2O. The molecule has 0 aromatic carbocycles. The van der Waals surface area contributed by atoms with E-state index in [4.69, 9.17) is 4.42 Å². The molecule has 0 saturated heterocycles. The molecule has 1 aliphatic heterocycles. The van der Waals surface area contributed by atoms with Gasteiger partial charge in [0.25, 0.3) is 0 Å². The van der Waals surface area contributed by atoms with Gasteiger partial charge in [-0.1, -0.05) is 25.5 Å². The Labute approximate surface area is 116 Å². The van der Waals surface area contributed by atoms with E-state index in [1.54, 1.807) is 0 Å². The van der Waals surface area contributed by atoms with Crippen LogP contribution in [0, 0.1) is 5.92 Å². The molecule has 0 unspecified atom stereocenters. The molecule has 3 heteroatoms. The highest BCUT2D eigenvalue weighted by atomic mass is 16.3. The van der Waals surface area contributed by atoms with Crippen LogP contribution in [0.1, 0.15) is 38.5 Å². The number of rotatable bonds is 6. The second-order valence-electron chi connectivity index (χ2n) is 5.98. The molecule has 0 aliphatic carbocycles. The summed E-state index contributed by atoms with van der Waals surface area (Å²) in [7, 11) is 0. The first-order chi connectivity index (χ1) is 9.13. The highest BCUT2D eigenvalue weighted by Crippen LogP contribution is 2.15. The third-order valence-electron chi connectivity index (χ3n) is 3.49. The van der Waals surface area contributed by atoms with Gasteiger partial charge in [-0.3, -0.25) is 4.90 Å². The molecule has 1 N–H and O–H groups in total. The molecular weight excluding hydrogens is 236 g/mol. The van der Waals surface area contributed by atoms with Crippen molar-refractivity contribution in [3.8, 4) is 0 Å². The SMILES string of the molecule is CC1=CCN(Cc2cc(CNCC(C)C)co2)CC1. The van der Waals surface area contributed by atoms with Crippen LogP contribution in [0.3, 0.4) is 0 Å². The molecule has 0 bridgehead atoms. The zero-order valence-corrected chi connectivity index (χ0v) is 12.4. The van der Waals surface area contributed by atoms with Gasteiger partial charge < -0.3 is 9.73 Å². The van der Waals surface area contributed by atoms with Gasteiger partial charge in [0, 0.05) is 25.2 Å². The van der Waals surface area contributed by atoms with Crippen LogP contribution < -0.4 is 5.32 Å². The summed E-state index contributed by atoms with van der Waals surface area (Å²) in [6.07, 6.45) is 5.38. The van der Waals surface area contributed by atoms with Crippen molar-refractivity contribution in [2.75, 3.05) is 19.6 Å². The van der Waals surface area contributed by atoms with Crippen molar-refractivity contribution in [2.45, 2.75) is 40.3 Å². The van der Waals surface area contributed by atoms with Crippen molar-refractivity contribution in [3.05, 3.63) is 35.3 Å². The van der Waals surface area contributed by atoms with E-state index in [1.165, 1.54) is 17.6 Å². The van der Waals surface area contributed by atoms with E-state index in [-0.39, 0.29) is 0 Å². The van der Waals surface area contributed by atoms with E-state index in [0.717, 1.165) is 38.5 Å². The van der Waals surface area contributed by atoms with E-state index in [1.807, 2.05) is 6.26 Å². The van der Waals surface area contributed by atoms with Crippen LogP contribution in [0.25, 0.3) is 0 Å². The van der Waals surface area contributed by atoms with Crippen LogP contribution in [0.5, 0.6) is 0 Å². The Morgan fingerprint density at radius 3 is 2.95 bits per heavy atom. The number of hydrogen-bond donors (Lipinski definition) is 1. The van der Waals surface area contributed by atoms with Gasteiger partial charge in [0.2, 0.25) is 0 Å². The maximum atomic E-state index is 5.65. The summed E-state index contributed by atoms with van der Waals surface area (Å²) in [5.74, 6) is 1.77.